The van der Waals surface area contributed by atoms with E-state index in [9.17, 15) is 14.0 Å². The summed E-state index contributed by atoms with van der Waals surface area (Å²) in [5, 5.41) is -0.246. The Morgan fingerprint density at radius 2 is 1.87 bits per heavy atom. The first-order chi connectivity index (χ1) is 14.8. The molecule has 0 spiro atoms. The number of hydrogen-bond donors (Lipinski definition) is 0. The lowest BCUT2D eigenvalue weighted by molar-refractivity contribution is -0.124. The van der Waals surface area contributed by atoms with Crippen LogP contribution < -0.4 is 9.47 Å². The van der Waals surface area contributed by atoms with Gasteiger partial charge in [-0.3, -0.25) is 14.5 Å². The van der Waals surface area contributed by atoms with Crippen molar-refractivity contribution in [2.24, 2.45) is 0 Å². The molecular weight excluding hydrogens is 532 g/mol. The zero-order valence-electron chi connectivity index (χ0n) is 17.5. The number of amides is 2. The zero-order chi connectivity index (χ0) is 22.5. The molecule has 8 heteroatoms. The van der Waals surface area contributed by atoms with E-state index >= 15 is 0 Å². The first kappa shape index (κ1) is 23.6. The molecule has 2 amide bonds. The maximum atomic E-state index is 13.1. The average Bonchev–Trinajstić information content (AvgIpc) is 3.01. The first-order valence-electron chi connectivity index (χ1n) is 9.94. The molecule has 0 aromatic heterocycles. The van der Waals surface area contributed by atoms with Gasteiger partial charge in [-0.25, -0.2) is 4.39 Å². The monoisotopic (exact) mass is 555 g/mol. The Bertz CT molecular complexity index is 1010. The van der Waals surface area contributed by atoms with Crippen LogP contribution in [0.2, 0.25) is 0 Å². The molecule has 1 fully saturated rings. The lowest BCUT2D eigenvalue weighted by atomic mass is 10.1. The van der Waals surface area contributed by atoms with Crippen molar-refractivity contribution in [1.29, 1.82) is 0 Å². The summed E-state index contributed by atoms with van der Waals surface area (Å²) in [5.74, 6) is 0.560. The second-order valence-corrected chi connectivity index (χ2v) is 9.14. The van der Waals surface area contributed by atoms with Crippen LogP contribution in [0.1, 0.15) is 38.3 Å². The van der Waals surface area contributed by atoms with E-state index in [1.807, 2.05) is 26.8 Å². The fourth-order valence-electron chi connectivity index (χ4n) is 3.00. The normalized spacial score (nSPS) is 16.2. The van der Waals surface area contributed by atoms with Crippen LogP contribution in [0.3, 0.4) is 0 Å². The SMILES string of the molecule is CCOc1cc(/C=C2/SC(=O)N([C@@H](C)CC)C2=O)cc(I)c1OCc1ccc(F)cc1. The number of benzene rings is 2. The molecular formula is C23H23FINO4S. The fraction of sp³-hybridized carbons (Fsp3) is 0.304. The highest BCUT2D eigenvalue weighted by atomic mass is 127. The van der Waals surface area contributed by atoms with Gasteiger partial charge in [0.05, 0.1) is 15.1 Å². The van der Waals surface area contributed by atoms with Gasteiger partial charge in [0.2, 0.25) is 0 Å². The van der Waals surface area contributed by atoms with Gasteiger partial charge in [0.1, 0.15) is 12.4 Å². The molecule has 0 unspecified atom stereocenters. The quantitative estimate of drug-likeness (QED) is 0.285. The first-order valence-corrected chi connectivity index (χ1v) is 11.8. The third-order valence-corrected chi connectivity index (χ3v) is 6.47. The second kappa shape index (κ2) is 10.5. The number of halogens is 2. The summed E-state index contributed by atoms with van der Waals surface area (Å²) in [6.07, 6.45) is 2.42. The largest absolute Gasteiger partial charge is 0.490 e. The van der Waals surface area contributed by atoms with Gasteiger partial charge in [0.25, 0.3) is 11.1 Å². The maximum Gasteiger partial charge on any atom is 0.293 e. The minimum atomic E-state index is -0.296. The maximum absolute atomic E-state index is 13.1. The van der Waals surface area contributed by atoms with Crippen molar-refractivity contribution >= 4 is 51.6 Å². The van der Waals surface area contributed by atoms with Crippen LogP contribution in [0.15, 0.2) is 41.3 Å². The minimum Gasteiger partial charge on any atom is -0.490 e. The molecule has 0 radical (unpaired) electrons. The predicted molar refractivity (Wildman–Crippen MR) is 129 cm³/mol. The lowest BCUT2D eigenvalue weighted by Gasteiger charge is -2.19. The Kier molecular flexibility index (Phi) is 7.99. The molecule has 3 rings (SSSR count). The van der Waals surface area contributed by atoms with Gasteiger partial charge in [-0.1, -0.05) is 19.1 Å². The Morgan fingerprint density at radius 3 is 2.52 bits per heavy atom. The highest BCUT2D eigenvalue weighted by Gasteiger charge is 2.37. The van der Waals surface area contributed by atoms with Crippen LogP contribution >= 0.6 is 34.4 Å². The van der Waals surface area contributed by atoms with Crippen molar-refractivity contribution < 1.29 is 23.5 Å². The smallest absolute Gasteiger partial charge is 0.293 e. The molecule has 164 valence electrons. The second-order valence-electron chi connectivity index (χ2n) is 6.99. The van der Waals surface area contributed by atoms with E-state index in [2.05, 4.69) is 22.6 Å². The summed E-state index contributed by atoms with van der Waals surface area (Å²) in [5.41, 5.74) is 1.58. The van der Waals surface area contributed by atoms with Crippen molar-refractivity contribution in [3.63, 3.8) is 0 Å². The van der Waals surface area contributed by atoms with Gasteiger partial charge in [-0.2, -0.15) is 0 Å². The van der Waals surface area contributed by atoms with E-state index in [1.165, 1.54) is 17.0 Å². The van der Waals surface area contributed by atoms with Gasteiger partial charge in [-0.15, -0.1) is 0 Å². The summed E-state index contributed by atoms with van der Waals surface area (Å²) < 4.78 is 25.6. The van der Waals surface area contributed by atoms with E-state index in [0.717, 1.165) is 26.5 Å². The minimum absolute atomic E-state index is 0.139. The molecule has 2 aromatic rings. The highest BCUT2D eigenvalue weighted by molar-refractivity contribution is 14.1. The number of hydrogen-bond acceptors (Lipinski definition) is 5. The number of imide groups is 1. The van der Waals surface area contributed by atoms with E-state index in [4.69, 9.17) is 9.47 Å². The molecule has 0 aliphatic carbocycles. The molecule has 1 aliphatic heterocycles. The van der Waals surface area contributed by atoms with Crippen molar-refractivity contribution in [3.05, 3.63) is 61.8 Å². The number of rotatable bonds is 8. The van der Waals surface area contributed by atoms with Crippen LogP contribution in [0, 0.1) is 9.39 Å². The van der Waals surface area contributed by atoms with Gasteiger partial charge >= 0.3 is 0 Å². The Balaban J connectivity index is 1.86. The van der Waals surface area contributed by atoms with Gasteiger partial charge in [0.15, 0.2) is 11.5 Å². The fourth-order valence-corrected chi connectivity index (χ4v) is 4.72. The van der Waals surface area contributed by atoms with Crippen molar-refractivity contribution in [2.45, 2.75) is 39.8 Å². The number of carbonyl (C=O) groups excluding carboxylic acids is 2. The van der Waals surface area contributed by atoms with Gasteiger partial charge in [0, 0.05) is 6.04 Å². The molecule has 31 heavy (non-hydrogen) atoms. The summed E-state index contributed by atoms with van der Waals surface area (Å²) in [4.78, 5) is 26.7. The van der Waals surface area contributed by atoms with Crippen molar-refractivity contribution in [3.8, 4) is 11.5 Å². The standard InChI is InChI=1S/C23H23FINO4S/c1-4-14(3)26-22(27)20(31-23(26)28)12-16-10-18(25)21(19(11-16)29-5-2)30-13-15-6-8-17(24)9-7-15/h6-12,14H,4-5,13H2,1-3H3/b20-12+/t14-/m0/s1. The molecule has 0 bridgehead atoms. The number of carbonyl (C=O) groups is 2. The third kappa shape index (κ3) is 5.60. The lowest BCUT2D eigenvalue weighted by Crippen LogP contribution is -2.36. The molecule has 5 nitrogen and oxygen atoms in total. The topological polar surface area (TPSA) is 55.8 Å². The third-order valence-electron chi connectivity index (χ3n) is 4.78. The molecule has 1 aliphatic rings. The Labute approximate surface area is 199 Å². The van der Waals surface area contributed by atoms with Gasteiger partial charge < -0.3 is 9.47 Å². The molecule has 1 atom stereocenters. The summed E-state index contributed by atoms with van der Waals surface area (Å²) in [6, 6.07) is 9.66. The van der Waals surface area contributed by atoms with E-state index < -0.39 is 0 Å². The van der Waals surface area contributed by atoms with E-state index in [1.54, 1.807) is 24.3 Å². The van der Waals surface area contributed by atoms with E-state index in [0.29, 0.717) is 29.4 Å². The average molecular weight is 555 g/mol. The molecule has 2 aromatic carbocycles. The zero-order valence-corrected chi connectivity index (χ0v) is 20.5. The van der Waals surface area contributed by atoms with Crippen LogP contribution in [0.5, 0.6) is 11.5 Å². The molecule has 0 saturated carbocycles. The Morgan fingerprint density at radius 1 is 1.16 bits per heavy atom. The highest BCUT2D eigenvalue weighted by Crippen LogP contribution is 2.38. The van der Waals surface area contributed by atoms with Crippen LogP contribution in [0.4, 0.5) is 9.18 Å². The molecule has 1 heterocycles. The van der Waals surface area contributed by atoms with Crippen LogP contribution in [-0.2, 0) is 11.4 Å². The van der Waals surface area contributed by atoms with Crippen molar-refractivity contribution in [2.75, 3.05) is 6.61 Å². The van der Waals surface area contributed by atoms with E-state index in [-0.39, 0.29) is 29.6 Å². The summed E-state index contributed by atoms with van der Waals surface area (Å²) >= 11 is 3.10. The predicted octanol–water partition coefficient (Wildman–Crippen LogP) is 6.24. The summed E-state index contributed by atoms with van der Waals surface area (Å²) in [7, 11) is 0. The molecule has 0 N–H and O–H groups in total. The molecule has 1 saturated heterocycles. The van der Waals surface area contributed by atoms with Crippen LogP contribution in [0.25, 0.3) is 6.08 Å². The Hall–Kier alpha value is -2.07. The number of nitrogens with zero attached hydrogens (tertiary/aromatic N) is 1. The van der Waals surface area contributed by atoms with Crippen molar-refractivity contribution in [1.82, 2.24) is 4.90 Å². The number of ether oxygens (including phenoxy) is 2. The van der Waals surface area contributed by atoms with Crippen LogP contribution in [-0.4, -0.2) is 28.7 Å². The van der Waals surface area contributed by atoms with Gasteiger partial charge in [-0.05, 0) is 96.1 Å². The summed E-state index contributed by atoms with van der Waals surface area (Å²) in [6.45, 7) is 6.39. The number of thioether (sulfide) groups is 1.